The zero-order valence-electron chi connectivity index (χ0n) is 17.4. The molecule has 4 aromatic rings. The molecule has 0 bridgehead atoms. The average molecular weight is 456 g/mol. The van der Waals surface area contributed by atoms with E-state index in [9.17, 15) is 9.59 Å². The van der Waals surface area contributed by atoms with Crippen LogP contribution in [0.25, 0.3) is 10.2 Å². The van der Waals surface area contributed by atoms with Crippen LogP contribution in [0, 0.1) is 13.8 Å². The molecule has 0 fully saturated rings. The Morgan fingerprint density at radius 2 is 1.97 bits per heavy atom. The fourth-order valence-corrected chi connectivity index (χ4v) is 4.61. The van der Waals surface area contributed by atoms with Gasteiger partial charge in [-0.15, -0.1) is 11.3 Å². The molecule has 160 valence electrons. The molecular weight excluding hydrogens is 434 g/mol. The third-order valence-electron chi connectivity index (χ3n) is 5.36. The van der Waals surface area contributed by atoms with Crippen molar-refractivity contribution in [3.8, 4) is 0 Å². The molecule has 1 atom stereocenters. The zero-order chi connectivity index (χ0) is 22.1. The van der Waals surface area contributed by atoms with Crippen LogP contribution in [-0.4, -0.2) is 25.0 Å². The Bertz CT molecular complexity index is 1310. The minimum atomic E-state index is -0.427. The molecule has 0 saturated heterocycles. The van der Waals surface area contributed by atoms with Gasteiger partial charge in [0.2, 0.25) is 5.91 Å². The Hall–Kier alpha value is -2.97. The Kier molecular flexibility index (Phi) is 5.93. The monoisotopic (exact) mass is 455 g/mol. The lowest BCUT2D eigenvalue weighted by Gasteiger charge is -2.19. The van der Waals surface area contributed by atoms with Crippen LogP contribution in [0.2, 0.25) is 5.02 Å². The molecular formula is C22H22ClN5O2S. The summed E-state index contributed by atoms with van der Waals surface area (Å²) in [6, 6.07) is 6.87. The van der Waals surface area contributed by atoms with Crippen LogP contribution in [0.15, 0.2) is 47.8 Å². The van der Waals surface area contributed by atoms with E-state index in [0.29, 0.717) is 16.2 Å². The number of rotatable bonds is 6. The van der Waals surface area contributed by atoms with Gasteiger partial charge in [-0.1, -0.05) is 23.7 Å². The maximum atomic E-state index is 12.9. The minimum absolute atomic E-state index is 0.113. The van der Waals surface area contributed by atoms with Gasteiger partial charge in [-0.3, -0.25) is 14.2 Å². The number of aryl methyl sites for hydroxylation is 4. The number of imidazole rings is 1. The molecule has 0 radical (unpaired) electrons. The molecule has 0 spiro atoms. The molecule has 7 nitrogen and oxygen atoms in total. The van der Waals surface area contributed by atoms with Crippen LogP contribution in [-0.2, 0) is 18.4 Å². The van der Waals surface area contributed by atoms with E-state index in [1.165, 1.54) is 22.2 Å². The van der Waals surface area contributed by atoms with Crippen LogP contribution in [0.3, 0.4) is 0 Å². The molecule has 0 aliphatic rings. The lowest BCUT2D eigenvalue weighted by atomic mass is 10.1. The molecule has 1 aromatic carbocycles. The highest BCUT2D eigenvalue weighted by Gasteiger charge is 2.21. The number of nitrogens with one attached hydrogen (secondary N) is 1. The van der Waals surface area contributed by atoms with Gasteiger partial charge in [0.15, 0.2) is 0 Å². The van der Waals surface area contributed by atoms with Crippen LogP contribution >= 0.6 is 22.9 Å². The van der Waals surface area contributed by atoms with E-state index < -0.39 is 6.04 Å². The second-order valence-corrected chi connectivity index (χ2v) is 9.04. The van der Waals surface area contributed by atoms with Gasteiger partial charge in [0, 0.05) is 42.3 Å². The van der Waals surface area contributed by atoms with E-state index in [0.717, 1.165) is 20.8 Å². The van der Waals surface area contributed by atoms with Crippen molar-refractivity contribution in [3.05, 3.63) is 80.2 Å². The highest BCUT2D eigenvalue weighted by atomic mass is 35.5. The van der Waals surface area contributed by atoms with Gasteiger partial charge in [-0.25, -0.2) is 9.97 Å². The molecule has 3 aromatic heterocycles. The van der Waals surface area contributed by atoms with Crippen LogP contribution in [0.4, 0.5) is 0 Å². The van der Waals surface area contributed by atoms with Crippen molar-refractivity contribution in [2.45, 2.75) is 32.9 Å². The Labute approximate surface area is 188 Å². The van der Waals surface area contributed by atoms with Gasteiger partial charge >= 0.3 is 0 Å². The fraction of sp³-hybridized carbons (Fsp3) is 0.273. The fourth-order valence-electron chi connectivity index (χ4n) is 3.49. The standard InChI is InChI=1S/C22H22ClN5O2S/c1-13-14(2)31-21-18(13)22(30)28(12-25-21)10-8-17(29)26-19(20-24-9-11-27(20)3)15-4-6-16(23)7-5-15/h4-7,9,11-12,19H,8,10H2,1-3H3,(H,26,29)/t19-/m0/s1. The number of hydrogen-bond donors (Lipinski definition) is 1. The largest absolute Gasteiger partial charge is 0.342 e. The van der Waals surface area contributed by atoms with Gasteiger partial charge in [-0.2, -0.15) is 0 Å². The van der Waals surface area contributed by atoms with Crippen molar-refractivity contribution < 1.29 is 4.79 Å². The first-order chi connectivity index (χ1) is 14.8. The summed E-state index contributed by atoms with van der Waals surface area (Å²) in [6.07, 6.45) is 5.18. The average Bonchev–Trinajstić information content (AvgIpc) is 3.29. The van der Waals surface area contributed by atoms with Crippen molar-refractivity contribution in [2.75, 3.05) is 0 Å². The molecule has 4 rings (SSSR count). The number of aromatic nitrogens is 4. The van der Waals surface area contributed by atoms with Crippen molar-refractivity contribution in [1.29, 1.82) is 0 Å². The topological polar surface area (TPSA) is 81.8 Å². The molecule has 31 heavy (non-hydrogen) atoms. The van der Waals surface area contributed by atoms with Crippen LogP contribution in [0.1, 0.15) is 34.3 Å². The second kappa shape index (κ2) is 8.64. The van der Waals surface area contributed by atoms with E-state index >= 15 is 0 Å². The van der Waals surface area contributed by atoms with Gasteiger partial charge < -0.3 is 9.88 Å². The van der Waals surface area contributed by atoms with E-state index in [1.807, 2.05) is 43.8 Å². The lowest BCUT2D eigenvalue weighted by Crippen LogP contribution is -2.32. The molecule has 9 heteroatoms. The first kappa shape index (κ1) is 21.3. The maximum Gasteiger partial charge on any atom is 0.262 e. The SMILES string of the molecule is Cc1sc2ncn(CCC(=O)N[C@@H](c3ccc(Cl)cc3)c3nccn3C)c(=O)c2c1C. The van der Waals surface area contributed by atoms with Gasteiger partial charge in [0.05, 0.1) is 11.7 Å². The number of carbonyl (C=O) groups is 1. The Morgan fingerprint density at radius 3 is 2.65 bits per heavy atom. The highest BCUT2D eigenvalue weighted by Crippen LogP contribution is 2.25. The van der Waals surface area contributed by atoms with E-state index in [4.69, 9.17) is 11.6 Å². The summed E-state index contributed by atoms with van der Waals surface area (Å²) < 4.78 is 3.36. The van der Waals surface area contributed by atoms with Crippen molar-refractivity contribution in [2.24, 2.45) is 7.05 Å². The van der Waals surface area contributed by atoms with E-state index in [2.05, 4.69) is 15.3 Å². The first-order valence-electron chi connectivity index (χ1n) is 9.82. The maximum absolute atomic E-state index is 12.9. The predicted octanol–water partition coefficient (Wildman–Crippen LogP) is 3.76. The second-order valence-electron chi connectivity index (χ2n) is 7.40. The normalized spacial score (nSPS) is 12.3. The first-order valence-corrected chi connectivity index (χ1v) is 11.0. The zero-order valence-corrected chi connectivity index (χ0v) is 19.0. The summed E-state index contributed by atoms with van der Waals surface area (Å²) in [5.41, 5.74) is 1.71. The van der Waals surface area contributed by atoms with Crippen LogP contribution < -0.4 is 10.9 Å². The third kappa shape index (κ3) is 4.26. The molecule has 3 heterocycles. The summed E-state index contributed by atoms with van der Waals surface area (Å²) in [7, 11) is 1.88. The van der Waals surface area contributed by atoms with E-state index in [-0.39, 0.29) is 24.4 Å². The number of thiophene rings is 1. The smallest absolute Gasteiger partial charge is 0.262 e. The third-order valence-corrected chi connectivity index (χ3v) is 6.73. The van der Waals surface area contributed by atoms with Gasteiger partial charge in [0.25, 0.3) is 5.56 Å². The lowest BCUT2D eigenvalue weighted by molar-refractivity contribution is -0.121. The number of fused-ring (bicyclic) bond motifs is 1. The van der Waals surface area contributed by atoms with Gasteiger partial charge in [-0.05, 0) is 37.1 Å². The van der Waals surface area contributed by atoms with Crippen molar-refractivity contribution >= 4 is 39.1 Å². The summed E-state index contributed by atoms with van der Waals surface area (Å²) in [5.74, 6) is 0.522. The van der Waals surface area contributed by atoms with Gasteiger partial charge in [0.1, 0.15) is 16.7 Å². The molecule has 0 aliphatic carbocycles. The summed E-state index contributed by atoms with van der Waals surface area (Å²) >= 11 is 7.53. The predicted molar refractivity (Wildman–Crippen MR) is 123 cm³/mol. The Morgan fingerprint density at radius 1 is 1.23 bits per heavy atom. The minimum Gasteiger partial charge on any atom is -0.342 e. The molecule has 0 unspecified atom stereocenters. The number of nitrogens with zero attached hydrogens (tertiary/aromatic N) is 4. The van der Waals surface area contributed by atoms with E-state index in [1.54, 1.807) is 18.3 Å². The summed E-state index contributed by atoms with van der Waals surface area (Å²) in [6.45, 7) is 4.15. The number of halogens is 1. The number of benzene rings is 1. The number of amides is 1. The molecule has 1 N–H and O–H groups in total. The molecule has 1 amide bonds. The molecule has 0 aliphatic heterocycles. The summed E-state index contributed by atoms with van der Waals surface area (Å²) in [5, 5.41) is 4.30. The quantitative estimate of drug-likeness (QED) is 0.480. The number of hydrogen-bond acceptors (Lipinski definition) is 5. The summed E-state index contributed by atoms with van der Waals surface area (Å²) in [4.78, 5) is 36.3. The molecule has 0 saturated carbocycles. The highest BCUT2D eigenvalue weighted by molar-refractivity contribution is 7.18. The number of carbonyl (C=O) groups excluding carboxylic acids is 1. The van der Waals surface area contributed by atoms with Crippen molar-refractivity contribution in [1.82, 2.24) is 24.4 Å². The van der Waals surface area contributed by atoms with Crippen LogP contribution in [0.5, 0.6) is 0 Å². The Balaban J connectivity index is 1.53. The van der Waals surface area contributed by atoms with Crippen molar-refractivity contribution in [3.63, 3.8) is 0 Å².